The lowest BCUT2D eigenvalue weighted by Gasteiger charge is -2.35. The zero-order valence-corrected chi connectivity index (χ0v) is 18.7. The molecule has 0 fully saturated rings. The summed E-state index contributed by atoms with van der Waals surface area (Å²) in [6.45, 7) is 1.86. The molecule has 0 aliphatic carbocycles. The quantitative estimate of drug-likeness (QED) is 0.403. The van der Waals surface area contributed by atoms with Crippen molar-refractivity contribution in [1.29, 1.82) is 0 Å². The minimum Gasteiger partial charge on any atom is -0.452 e. The smallest absolute Gasteiger partial charge is 0.256 e. The molecule has 0 saturated heterocycles. The number of aliphatic imine (C=N–C) groups is 1. The average molecular weight is 474 g/mol. The Hall–Kier alpha value is -3.85. The molecule has 34 heavy (non-hydrogen) atoms. The predicted molar refractivity (Wildman–Crippen MR) is 127 cm³/mol. The maximum Gasteiger partial charge on any atom is 0.256 e. The molecule has 0 amide bonds. The highest BCUT2D eigenvalue weighted by atomic mass is 32.2. The highest BCUT2D eigenvalue weighted by molar-refractivity contribution is 8.14. The molecule has 0 bridgehead atoms. The van der Waals surface area contributed by atoms with E-state index in [0.29, 0.717) is 44.6 Å². The van der Waals surface area contributed by atoms with Crippen molar-refractivity contribution < 1.29 is 13.5 Å². The molecule has 1 atom stereocenters. The third-order valence-corrected chi connectivity index (χ3v) is 6.96. The van der Waals surface area contributed by atoms with E-state index < -0.39 is 17.4 Å². The Morgan fingerprint density at radius 3 is 2.62 bits per heavy atom. The number of halogens is 2. The van der Waals surface area contributed by atoms with E-state index in [1.165, 1.54) is 18.0 Å². The first-order valence-electron chi connectivity index (χ1n) is 10.5. The number of hydrogen-bond acceptors (Lipinski definition) is 7. The largest absolute Gasteiger partial charge is 0.452 e. The molecule has 5 heterocycles. The van der Waals surface area contributed by atoms with E-state index in [9.17, 15) is 4.39 Å². The van der Waals surface area contributed by atoms with Crippen LogP contribution in [-0.4, -0.2) is 25.9 Å². The van der Waals surface area contributed by atoms with E-state index in [1.54, 1.807) is 42.6 Å². The Morgan fingerprint density at radius 1 is 0.971 bits per heavy atom. The fourth-order valence-electron chi connectivity index (χ4n) is 4.43. The number of pyridine rings is 3. The Kier molecular flexibility index (Phi) is 4.63. The average Bonchev–Trinajstić information content (AvgIpc) is 3.22. The number of hydrogen-bond donors (Lipinski definition) is 1. The molecule has 6 rings (SSSR count). The van der Waals surface area contributed by atoms with E-state index in [0.717, 1.165) is 11.3 Å². The highest BCUT2D eigenvalue weighted by Crippen LogP contribution is 2.54. The van der Waals surface area contributed by atoms with Gasteiger partial charge in [-0.15, -0.1) is 0 Å². The molecule has 3 aromatic heterocycles. The van der Waals surface area contributed by atoms with Gasteiger partial charge < -0.3 is 10.5 Å². The van der Waals surface area contributed by atoms with Gasteiger partial charge >= 0.3 is 0 Å². The lowest BCUT2D eigenvalue weighted by atomic mass is 9.81. The highest BCUT2D eigenvalue weighted by Gasteiger charge is 2.47. The molecular formula is C25H17F2N5OS. The number of fused-ring (bicyclic) bond motifs is 4. The number of amidine groups is 1. The van der Waals surface area contributed by atoms with Crippen molar-refractivity contribution in [3.8, 4) is 33.9 Å². The summed E-state index contributed by atoms with van der Waals surface area (Å²) in [5.74, 6) is -0.434. The van der Waals surface area contributed by atoms with Crippen LogP contribution in [0.1, 0.15) is 16.8 Å². The number of thioether (sulfide) groups is 1. The van der Waals surface area contributed by atoms with Gasteiger partial charge in [0.1, 0.15) is 11.3 Å². The van der Waals surface area contributed by atoms with Gasteiger partial charge in [-0.25, -0.2) is 15.0 Å². The molecule has 1 spiro atoms. The zero-order valence-electron chi connectivity index (χ0n) is 17.9. The van der Waals surface area contributed by atoms with Crippen molar-refractivity contribution in [2.75, 3.05) is 5.75 Å². The Labute approximate surface area is 198 Å². The summed E-state index contributed by atoms with van der Waals surface area (Å²) in [7, 11) is 0. The Morgan fingerprint density at radius 2 is 1.85 bits per heavy atom. The van der Waals surface area contributed by atoms with Gasteiger partial charge in [0.15, 0.2) is 10.9 Å². The van der Waals surface area contributed by atoms with Gasteiger partial charge in [-0.05, 0) is 55.0 Å². The number of ether oxygens (including phenoxy) is 1. The standard InChI is InChI=1S/C25H17F2N5OS/c1-13-9-15(6-8-29-13)19-11-18-21(23(27)31-19)33-20-5-4-14(16-3-2-7-30-22(16)26)10-17(20)25(18)12-34-24(28)32-25/h2-11H,12H2,1H3,(H2,28,32). The first-order chi connectivity index (χ1) is 16.4. The van der Waals surface area contributed by atoms with Gasteiger partial charge in [0, 0.05) is 46.1 Å². The van der Waals surface area contributed by atoms with Crippen LogP contribution < -0.4 is 10.5 Å². The molecule has 2 aliphatic rings. The number of aryl methyl sites for hydroxylation is 1. The second-order valence-corrected chi connectivity index (χ2v) is 9.11. The van der Waals surface area contributed by atoms with Crippen molar-refractivity contribution in [1.82, 2.24) is 15.0 Å². The van der Waals surface area contributed by atoms with Crippen LogP contribution in [0.5, 0.6) is 11.5 Å². The first kappa shape index (κ1) is 20.7. The SMILES string of the molecule is Cc1cc(-c2cc3c(c(F)n2)Oc2ccc(-c4cccnc4F)cc2C32CSC(N)=N2)ccn1. The van der Waals surface area contributed by atoms with Crippen LogP contribution in [-0.2, 0) is 5.54 Å². The zero-order chi connectivity index (χ0) is 23.4. The summed E-state index contributed by atoms with van der Waals surface area (Å²) in [5, 5.41) is 0.385. The van der Waals surface area contributed by atoms with Crippen molar-refractivity contribution in [3.05, 3.63) is 89.6 Å². The van der Waals surface area contributed by atoms with Gasteiger partial charge in [0.05, 0.1) is 5.69 Å². The number of rotatable bonds is 2. The van der Waals surface area contributed by atoms with Crippen molar-refractivity contribution in [2.24, 2.45) is 10.7 Å². The van der Waals surface area contributed by atoms with E-state index in [4.69, 9.17) is 15.5 Å². The molecule has 6 nitrogen and oxygen atoms in total. The maximum atomic E-state index is 15.3. The monoisotopic (exact) mass is 473 g/mol. The lowest BCUT2D eigenvalue weighted by molar-refractivity contribution is 0.380. The van der Waals surface area contributed by atoms with Gasteiger partial charge in [-0.3, -0.25) is 4.98 Å². The maximum absolute atomic E-state index is 15.3. The molecule has 2 N–H and O–H groups in total. The lowest BCUT2D eigenvalue weighted by Crippen LogP contribution is -2.31. The molecular weight excluding hydrogens is 456 g/mol. The Balaban J connectivity index is 1.59. The number of aromatic nitrogens is 3. The van der Waals surface area contributed by atoms with Gasteiger partial charge in [0.2, 0.25) is 5.95 Å². The number of nitrogens with two attached hydrogens (primary N) is 1. The van der Waals surface area contributed by atoms with Crippen LogP contribution in [0, 0.1) is 18.8 Å². The summed E-state index contributed by atoms with van der Waals surface area (Å²) in [5.41, 5.74) is 9.22. The van der Waals surface area contributed by atoms with Crippen LogP contribution >= 0.6 is 11.8 Å². The van der Waals surface area contributed by atoms with Crippen LogP contribution in [0.4, 0.5) is 8.78 Å². The second-order valence-electron chi connectivity index (χ2n) is 8.11. The third-order valence-electron chi connectivity index (χ3n) is 6.01. The van der Waals surface area contributed by atoms with Crippen LogP contribution in [0.2, 0.25) is 0 Å². The summed E-state index contributed by atoms with van der Waals surface area (Å²) in [6, 6.07) is 13.9. The van der Waals surface area contributed by atoms with E-state index in [1.807, 2.05) is 19.1 Å². The molecule has 9 heteroatoms. The second kappa shape index (κ2) is 7.59. The number of nitrogens with zero attached hydrogens (tertiary/aromatic N) is 4. The molecule has 4 aromatic rings. The molecule has 2 aliphatic heterocycles. The van der Waals surface area contributed by atoms with Gasteiger partial charge in [-0.1, -0.05) is 17.8 Å². The fourth-order valence-corrected chi connectivity index (χ4v) is 5.39. The Bertz CT molecular complexity index is 1510. The minimum atomic E-state index is -1.01. The van der Waals surface area contributed by atoms with Crippen LogP contribution in [0.25, 0.3) is 22.4 Å². The normalized spacial score (nSPS) is 18.3. The van der Waals surface area contributed by atoms with E-state index in [2.05, 4.69) is 15.0 Å². The summed E-state index contributed by atoms with van der Waals surface area (Å²) in [6.07, 6.45) is 3.05. The fraction of sp³-hybridized carbons (Fsp3) is 0.120. The first-order valence-corrected chi connectivity index (χ1v) is 11.5. The number of benzene rings is 1. The van der Waals surface area contributed by atoms with Crippen molar-refractivity contribution >= 4 is 16.9 Å². The molecule has 0 saturated carbocycles. The molecule has 168 valence electrons. The predicted octanol–water partition coefficient (Wildman–Crippen LogP) is 5.20. The van der Waals surface area contributed by atoms with Gasteiger partial charge in [-0.2, -0.15) is 8.78 Å². The van der Waals surface area contributed by atoms with Crippen LogP contribution in [0.3, 0.4) is 0 Å². The van der Waals surface area contributed by atoms with E-state index >= 15 is 4.39 Å². The molecule has 1 aromatic carbocycles. The summed E-state index contributed by atoms with van der Waals surface area (Å²) < 4.78 is 35.8. The van der Waals surface area contributed by atoms with E-state index in [-0.39, 0.29) is 5.75 Å². The van der Waals surface area contributed by atoms with Crippen molar-refractivity contribution in [3.63, 3.8) is 0 Å². The summed E-state index contributed by atoms with van der Waals surface area (Å²) >= 11 is 1.38. The minimum absolute atomic E-state index is 0.0152. The van der Waals surface area contributed by atoms with Crippen molar-refractivity contribution in [2.45, 2.75) is 12.5 Å². The van der Waals surface area contributed by atoms with Gasteiger partial charge in [0.25, 0.3) is 5.95 Å². The molecule has 0 radical (unpaired) electrons. The molecule has 1 unspecified atom stereocenters. The third kappa shape index (κ3) is 3.15. The topological polar surface area (TPSA) is 86.3 Å². The van der Waals surface area contributed by atoms with Crippen LogP contribution in [0.15, 0.2) is 65.9 Å². The summed E-state index contributed by atoms with van der Waals surface area (Å²) in [4.78, 5) is 16.9.